The molecule has 2 N–H and O–H groups in total. The van der Waals surface area contributed by atoms with Crippen LogP contribution in [0.15, 0.2) is 49.3 Å². The number of H-pyrrole nitrogens is 1. The highest BCUT2D eigenvalue weighted by molar-refractivity contribution is 6.16. The zero-order valence-electron chi connectivity index (χ0n) is 32.2. The van der Waals surface area contributed by atoms with Crippen molar-refractivity contribution in [2.75, 3.05) is 13.2 Å². The number of hydrogen-bond acceptors (Lipinski definition) is 9. The number of carbonyl (C=O) groups excluding carboxylic acids is 3. The molecule has 1 aromatic heterocycles. The van der Waals surface area contributed by atoms with Crippen molar-refractivity contribution >= 4 is 47.2 Å². The molecule has 10 heteroatoms. The molecule has 1 saturated heterocycles. The third kappa shape index (κ3) is 7.05. The second-order valence-electron chi connectivity index (χ2n) is 15.1. The average Bonchev–Trinajstić information content (AvgIpc) is 3.79. The van der Waals surface area contributed by atoms with Crippen LogP contribution in [-0.4, -0.2) is 59.2 Å². The van der Waals surface area contributed by atoms with Gasteiger partial charge in [0.25, 0.3) is 0 Å². The number of esters is 2. The van der Waals surface area contributed by atoms with Gasteiger partial charge in [0.05, 0.1) is 35.2 Å². The fourth-order valence-corrected chi connectivity index (χ4v) is 8.56. The number of allylic oxidation sites excluding steroid dienone is 3. The van der Waals surface area contributed by atoms with Gasteiger partial charge >= 0.3 is 11.9 Å². The zero-order valence-corrected chi connectivity index (χ0v) is 32.2. The van der Waals surface area contributed by atoms with Crippen LogP contribution in [0.1, 0.15) is 116 Å². The van der Waals surface area contributed by atoms with E-state index in [1.165, 1.54) is 0 Å². The third-order valence-corrected chi connectivity index (χ3v) is 11.6. The summed E-state index contributed by atoms with van der Waals surface area (Å²) in [6.07, 6.45) is 12.8. The van der Waals surface area contributed by atoms with Crippen LogP contribution in [0.2, 0.25) is 0 Å². The van der Waals surface area contributed by atoms with Gasteiger partial charge in [0.2, 0.25) is 5.90 Å². The molecule has 5 aliphatic rings. The van der Waals surface area contributed by atoms with E-state index in [-0.39, 0.29) is 47.8 Å². The lowest BCUT2D eigenvalue weighted by atomic mass is 9.81. The molecule has 0 spiro atoms. The Bertz CT molecular complexity index is 1960. The molecule has 0 radical (unpaired) electrons. The number of unbranched alkanes of at least 4 members (excludes halogenated alkanes) is 3. The van der Waals surface area contributed by atoms with Gasteiger partial charge in [-0.25, -0.2) is 4.79 Å². The summed E-state index contributed by atoms with van der Waals surface area (Å²) in [6, 6.07) is -0.438. The lowest BCUT2D eigenvalue weighted by Gasteiger charge is -2.31. The van der Waals surface area contributed by atoms with Crippen molar-refractivity contribution in [2.24, 2.45) is 44.6 Å². The molecule has 0 aliphatic carbocycles. The fraction of sp³-hybridized carbons (Fsp3) is 0.571. The van der Waals surface area contributed by atoms with Crippen LogP contribution in [0.25, 0.3) is 12.2 Å². The molecule has 0 saturated carbocycles. The van der Waals surface area contributed by atoms with E-state index in [4.69, 9.17) is 24.5 Å². The van der Waals surface area contributed by atoms with Crippen LogP contribution in [0.4, 0.5) is 0 Å². The molecule has 278 valence electrons. The minimum atomic E-state index is -0.456. The fourth-order valence-electron chi connectivity index (χ4n) is 8.56. The van der Waals surface area contributed by atoms with Crippen LogP contribution >= 0.6 is 0 Å². The Hall–Kier alpha value is -4.34. The SMILES string of the molecule is CCCCCCN=C1OC(=O)/C2=C3N=C(/C=c4\[nH]/c(c(C(C)=O)c4C)=C\C4=NC(=C\C5=C(C)C1C2N5)/[C@H](CC)[C@H]4C)[C@@H](C)[C@@H]/3CCC(=O)OCCC. The molecular formula is C42H55N5O5. The zero-order chi connectivity index (χ0) is 37.3. The van der Waals surface area contributed by atoms with E-state index in [2.05, 4.69) is 51.0 Å². The number of cyclic esters (lactones) is 1. The smallest absolute Gasteiger partial charge is 0.344 e. The van der Waals surface area contributed by atoms with Crippen LogP contribution < -0.4 is 16.0 Å². The topological polar surface area (TPSA) is 135 Å². The first-order chi connectivity index (χ1) is 25.0. The van der Waals surface area contributed by atoms with E-state index in [1.807, 2.05) is 26.0 Å². The molecule has 10 nitrogen and oxygen atoms in total. The van der Waals surface area contributed by atoms with E-state index in [0.717, 1.165) is 83.2 Å². The first-order valence-corrected chi connectivity index (χ1v) is 19.4. The Morgan fingerprint density at radius 3 is 2.38 bits per heavy atom. The number of hydrogen-bond donors (Lipinski definition) is 2. The molecule has 6 atom stereocenters. The Morgan fingerprint density at radius 1 is 0.942 bits per heavy atom. The van der Waals surface area contributed by atoms with Crippen molar-refractivity contribution in [3.05, 3.63) is 56.1 Å². The Morgan fingerprint density at radius 2 is 1.67 bits per heavy atom. The lowest BCUT2D eigenvalue weighted by molar-refractivity contribution is -0.144. The number of fused-ring (bicyclic) bond motifs is 5. The van der Waals surface area contributed by atoms with Crippen LogP contribution in [0, 0.1) is 36.5 Å². The summed E-state index contributed by atoms with van der Waals surface area (Å²) in [5.41, 5.74) is 7.20. The molecule has 1 fully saturated rings. The number of aromatic amines is 1. The van der Waals surface area contributed by atoms with Crippen molar-refractivity contribution in [3.8, 4) is 0 Å². The number of aliphatic imine (C=N–C) groups is 3. The lowest BCUT2D eigenvalue weighted by Crippen LogP contribution is -2.46. The number of carbonyl (C=O) groups is 3. The monoisotopic (exact) mass is 709 g/mol. The molecular weight excluding hydrogens is 654 g/mol. The van der Waals surface area contributed by atoms with Crippen LogP contribution in [-0.2, 0) is 19.1 Å². The van der Waals surface area contributed by atoms with Crippen molar-refractivity contribution < 1.29 is 23.9 Å². The van der Waals surface area contributed by atoms with Gasteiger partial charge in [-0.1, -0.05) is 53.9 Å². The quantitative estimate of drug-likeness (QED) is 0.151. The summed E-state index contributed by atoms with van der Waals surface area (Å²) in [4.78, 5) is 59.0. The second kappa shape index (κ2) is 15.7. The maximum Gasteiger partial charge on any atom is 0.344 e. The third-order valence-electron chi connectivity index (χ3n) is 11.6. The molecule has 6 rings (SSSR count). The van der Waals surface area contributed by atoms with Gasteiger partial charge in [0, 0.05) is 70.4 Å². The van der Waals surface area contributed by atoms with Gasteiger partial charge in [0.1, 0.15) is 0 Å². The van der Waals surface area contributed by atoms with Crippen LogP contribution in [0.3, 0.4) is 0 Å². The van der Waals surface area contributed by atoms with Gasteiger partial charge < -0.3 is 19.8 Å². The Labute approximate surface area is 307 Å². The molecule has 2 unspecified atom stereocenters. The van der Waals surface area contributed by atoms with E-state index in [9.17, 15) is 14.4 Å². The van der Waals surface area contributed by atoms with Crippen LogP contribution in [0.5, 0.6) is 0 Å². The molecule has 5 aliphatic heterocycles. The van der Waals surface area contributed by atoms with Gasteiger partial charge in [-0.2, -0.15) is 0 Å². The van der Waals surface area contributed by atoms with E-state index < -0.39 is 12.0 Å². The standard InChI is InChI=1S/C42H55N5O5/c1-9-12-13-14-17-43-41-37-25(7)32-20-33-27(11-3)22(4)29(44-33)21-34-36(26(8)48)24(6)31(45-34)19-30-23(5)28(15-16-35(49)51-18-10-2)39(46-30)38(40(37)47-32)42(50)52-41/h19-23,27-28,37,40,45,47H,9-18H2,1-8H3/b31-19-,33-20-,34-21-,39-38+,43-41?/t22-,23+,27-,28+,37?,40?/m1/s1. The minimum absolute atomic E-state index is 0.0274. The molecule has 6 heterocycles. The highest BCUT2D eigenvalue weighted by Crippen LogP contribution is 2.44. The van der Waals surface area contributed by atoms with E-state index >= 15 is 0 Å². The molecule has 8 bridgehead atoms. The van der Waals surface area contributed by atoms with Crippen molar-refractivity contribution in [2.45, 2.75) is 113 Å². The number of ether oxygens (including phenoxy) is 2. The molecule has 52 heavy (non-hydrogen) atoms. The number of nitrogens with zero attached hydrogens (tertiary/aromatic N) is 3. The summed E-state index contributed by atoms with van der Waals surface area (Å²) in [5, 5.41) is 5.27. The number of nitrogens with one attached hydrogen (secondary N) is 2. The minimum Gasteiger partial charge on any atom is -0.466 e. The van der Waals surface area contributed by atoms with Gasteiger partial charge in [-0.15, -0.1) is 0 Å². The highest BCUT2D eigenvalue weighted by Gasteiger charge is 2.49. The summed E-state index contributed by atoms with van der Waals surface area (Å²) < 4.78 is 11.6. The Kier molecular flexibility index (Phi) is 11.3. The van der Waals surface area contributed by atoms with Gasteiger partial charge in [-0.3, -0.25) is 24.6 Å². The normalized spacial score (nSPS) is 30.8. The number of aromatic nitrogens is 1. The first kappa shape index (κ1) is 37.4. The summed E-state index contributed by atoms with van der Waals surface area (Å²) in [6.45, 7) is 17.2. The largest absolute Gasteiger partial charge is 0.466 e. The summed E-state index contributed by atoms with van der Waals surface area (Å²) >= 11 is 0. The summed E-state index contributed by atoms with van der Waals surface area (Å²) in [7, 11) is 0. The maximum atomic E-state index is 14.3. The van der Waals surface area contributed by atoms with Crippen molar-refractivity contribution in [3.63, 3.8) is 0 Å². The van der Waals surface area contributed by atoms with Gasteiger partial charge in [-0.05, 0) is 75.8 Å². The maximum absolute atomic E-state index is 14.3. The highest BCUT2D eigenvalue weighted by atomic mass is 16.5. The predicted molar refractivity (Wildman–Crippen MR) is 205 cm³/mol. The Balaban J connectivity index is 1.57. The predicted octanol–water partition coefficient (Wildman–Crippen LogP) is 6.19. The van der Waals surface area contributed by atoms with Gasteiger partial charge in [0.15, 0.2) is 5.78 Å². The molecule has 1 aromatic rings. The van der Waals surface area contributed by atoms with Crippen molar-refractivity contribution in [1.29, 1.82) is 0 Å². The van der Waals surface area contributed by atoms with Crippen molar-refractivity contribution in [1.82, 2.24) is 10.3 Å². The van der Waals surface area contributed by atoms with E-state index in [1.54, 1.807) is 6.92 Å². The van der Waals surface area contributed by atoms with E-state index in [0.29, 0.717) is 42.3 Å². The average molecular weight is 710 g/mol. The second-order valence-corrected chi connectivity index (χ2v) is 15.1. The number of ketones is 1. The number of Topliss-reactive ketones (excluding diaryl/α,β-unsaturated/α-hetero) is 1. The molecule has 0 amide bonds. The first-order valence-electron chi connectivity index (χ1n) is 19.4. The number of rotatable bonds is 12. The summed E-state index contributed by atoms with van der Waals surface area (Å²) in [5.74, 6) is -0.637. The molecule has 0 aromatic carbocycles.